The molecule has 0 atom stereocenters. The van der Waals surface area contributed by atoms with E-state index >= 15 is 0 Å². The zero-order chi connectivity index (χ0) is 21.6. The Hall–Kier alpha value is -1.62. The fourth-order valence-corrected chi connectivity index (χ4v) is 3.79. The van der Waals surface area contributed by atoms with E-state index in [0.717, 1.165) is 36.7 Å². The number of hydrogen-bond acceptors (Lipinski definition) is 4. The van der Waals surface area contributed by atoms with Crippen molar-refractivity contribution in [3.8, 4) is 0 Å². The van der Waals surface area contributed by atoms with E-state index in [0.29, 0.717) is 17.4 Å². The zero-order valence-electron chi connectivity index (χ0n) is 18.7. The molecule has 1 aromatic carbocycles. The molecule has 9 heteroatoms. The number of rotatable bonds is 8. The fourth-order valence-electron chi connectivity index (χ4n) is 3.16. The van der Waals surface area contributed by atoms with Crippen LogP contribution in [0.1, 0.15) is 43.5 Å². The van der Waals surface area contributed by atoms with E-state index in [2.05, 4.69) is 42.3 Å². The molecule has 0 amide bonds. The average molecular weight is 548 g/mol. The maximum atomic E-state index is 11.6. The van der Waals surface area contributed by atoms with Crippen LogP contribution in [0.25, 0.3) is 0 Å². The van der Waals surface area contributed by atoms with Gasteiger partial charge in [0.1, 0.15) is 0 Å². The van der Waals surface area contributed by atoms with Crippen molar-refractivity contribution in [2.24, 2.45) is 12.0 Å². The van der Waals surface area contributed by atoms with Gasteiger partial charge in [0.05, 0.1) is 10.6 Å². The first-order valence-corrected chi connectivity index (χ1v) is 11.8. The van der Waals surface area contributed by atoms with Gasteiger partial charge in [-0.25, -0.2) is 8.42 Å². The smallest absolute Gasteiger partial charge is 0.193 e. The molecule has 30 heavy (non-hydrogen) atoms. The second-order valence-electron chi connectivity index (χ2n) is 7.63. The number of hydrogen-bond donors (Lipinski definition) is 1. The molecule has 0 saturated heterocycles. The Morgan fingerprint density at radius 1 is 1.27 bits per heavy atom. The molecule has 2 aromatic rings. The minimum atomic E-state index is -3.16. The summed E-state index contributed by atoms with van der Waals surface area (Å²) in [5, 5.41) is 7.92. The summed E-state index contributed by atoms with van der Waals surface area (Å²) in [6.07, 6.45) is 4.04. The van der Waals surface area contributed by atoms with Crippen LogP contribution in [0.2, 0.25) is 0 Å². The van der Waals surface area contributed by atoms with Crippen molar-refractivity contribution in [2.75, 3.05) is 26.4 Å². The molecule has 7 nitrogen and oxygen atoms in total. The number of nitrogens with zero attached hydrogens (tertiary/aromatic N) is 4. The molecule has 0 aliphatic rings. The summed E-state index contributed by atoms with van der Waals surface area (Å²) in [5.74, 6) is 1.22. The first-order valence-electron chi connectivity index (χ1n) is 9.92. The Morgan fingerprint density at radius 2 is 1.90 bits per heavy atom. The van der Waals surface area contributed by atoms with Crippen LogP contribution in [-0.4, -0.2) is 55.5 Å². The molecule has 2 rings (SSSR count). The van der Waals surface area contributed by atoms with Gasteiger partial charge in [-0.05, 0) is 37.0 Å². The number of aliphatic imine (C=N–C) groups is 1. The number of guanidine groups is 1. The van der Waals surface area contributed by atoms with Crippen LogP contribution in [0, 0.1) is 0 Å². The van der Waals surface area contributed by atoms with E-state index in [9.17, 15) is 8.42 Å². The van der Waals surface area contributed by atoms with Gasteiger partial charge in [-0.1, -0.05) is 26.0 Å². The molecule has 0 fully saturated rings. The van der Waals surface area contributed by atoms with Crippen molar-refractivity contribution in [1.82, 2.24) is 20.0 Å². The van der Waals surface area contributed by atoms with Gasteiger partial charge in [0.25, 0.3) is 0 Å². The van der Waals surface area contributed by atoms with Crippen molar-refractivity contribution < 1.29 is 8.42 Å². The summed E-state index contributed by atoms with van der Waals surface area (Å²) < 4.78 is 25.0. The Morgan fingerprint density at radius 3 is 2.43 bits per heavy atom. The van der Waals surface area contributed by atoms with Crippen molar-refractivity contribution in [3.63, 3.8) is 0 Å². The van der Waals surface area contributed by atoms with Gasteiger partial charge in [0.15, 0.2) is 15.8 Å². The molecule has 0 saturated carbocycles. The topological polar surface area (TPSA) is 79.6 Å². The van der Waals surface area contributed by atoms with Gasteiger partial charge in [-0.2, -0.15) is 5.10 Å². The Labute approximate surface area is 197 Å². The summed E-state index contributed by atoms with van der Waals surface area (Å²) >= 11 is 0. The zero-order valence-corrected chi connectivity index (χ0v) is 21.9. The summed E-state index contributed by atoms with van der Waals surface area (Å²) in [7, 11) is 0.814. The predicted molar refractivity (Wildman–Crippen MR) is 133 cm³/mol. The highest BCUT2D eigenvalue weighted by Crippen LogP contribution is 2.18. The molecule has 0 radical (unpaired) electrons. The molecule has 168 valence electrons. The van der Waals surface area contributed by atoms with Gasteiger partial charge in [0.2, 0.25) is 0 Å². The largest absolute Gasteiger partial charge is 0.357 e. The third-order valence-corrected chi connectivity index (χ3v) is 5.73. The lowest BCUT2D eigenvalue weighted by Crippen LogP contribution is -2.38. The monoisotopic (exact) mass is 547 g/mol. The molecule has 1 aromatic heterocycles. The maximum Gasteiger partial charge on any atom is 0.193 e. The highest BCUT2D eigenvalue weighted by Gasteiger charge is 2.15. The quantitative estimate of drug-likeness (QED) is 0.312. The van der Waals surface area contributed by atoms with E-state index in [1.807, 2.05) is 30.9 Å². The van der Waals surface area contributed by atoms with E-state index in [-0.39, 0.29) is 24.0 Å². The molecule has 0 aliphatic carbocycles. The Kier molecular flexibility index (Phi) is 10.3. The number of aromatic nitrogens is 2. The summed E-state index contributed by atoms with van der Waals surface area (Å²) in [6, 6.07) is 7.02. The molecule has 0 aliphatic heterocycles. The second-order valence-corrected chi connectivity index (χ2v) is 9.64. The number of halogens is 1. The third kappa shape index (κ3) is 7.57. The first-order chi connectivity index (χ1) is 13.6. The molecule has 0 unspecified atom stereocenters. The van der Waals surface area contributed by atoms with Crippen molar-refractivity contribution >= 4 is 39.8 Å². The molecular formula is C21H34IN5O2S. The maximum absolute atomic E-state index is 11.6. The van der Waals surface area contributed by atoms with Gasteiger partial charge in [0, 0.05) is 51.7 Å². The minimum Gasteiger partial charge on any atom is -0.357 e. The van der Waals surface area contributed by atoms with Crippen LogP contribution in [0.3, 0.4) is 0 Å². The molecule has 0 bridgehead atoms. The van der Waals surface area contributed by atoms with Crippen molar-refractivity contribution in [1.29, 1.82) is 0 Å². The average Bonchev–Trinajstić information content (AvgIpc) is 3.01. The molecule has 0 spiro atoms. The van der Waals surface area contributed by atoms with Crippen LogP contribution in [-0.2, 0) is 29.9 Å². The van der Waals surface area contributed by atoms with E-state index in [4.69, 9.17) is 4.99 Å². The van der Waals surface area contributed by atoms with Gasteiger partial charge in [-0.3, -0.25) is 9.67 Å². The van der Waals surface area contributed by atoms with Gasteiger partial charge in [-0.15, -0.1) is 24.0 Å². The number of benzene rings is 1. The third-order valence-electron chi connectivity index (χ3n) is 4.60. The normalized spacial score (nSPS) is 12.0. The van der Waals surface area contributed by atoms with Crippen LogP contribution in [0.4, 0.5) is 0 Å². The van der Waals surface area contributed by atoms with Crippen LogP contribution < -0.4 is 5.32 Å². The fraction of sp³-hybridized carbons (Fsp3) is 0.524. The number of sulfone groups is 1. The SMILES string of the molecule is CCNC(=NCCc1ccc(S(C)(=O)=O)cc1)N(C)Cc1cn(C)nc1C(C)C.I. The highest BCUT2D eigenvalue weighted by atomic mass is 127. The standard InChI is InChI=1S/C21H33N5O2S.HI/c1-7-22-21(25(4)14-18-15-26(5)24-20(18)16(2)3)23-13-12-17-8-10-19(11-9-17)29(6,27)28;/h8-11,15-16H,7,12-14H2,1-6H3,(H,22,23);1H. The summed E-state index contributed by atoms with van der Waals surface area (Å²) in [5.41, 5.74) is 3.38. The minimum absolute atomic E-state index is 0. The Balaban J connectivity index is 0.00000450. The van der Waals surface area contributed by atoms with Crippen molar-refractivity contribution in [3.05, 3.63) is 47.3 Å². The highest BCUT2D eigenvalue weighted by molar-refractivity contribution is 14.0. The van der Waals surface area contributed by atoms with Gasteiger partial charge >= 0.3 is 0 Å². The van der Waals surface area contributed by atoms with Crippen LogP contribution in [0.5, 0.6) is 0 Å². The summed E-state index contributed by atoms with van der Waals surface area (Å²) in [6.45, 7) is 8.50. The lowest BCUT2D eigenvalue weighted by atomic mass is 10.1. The molecule has 1 heterocycles. The van der Waals surface area contributed by atoms with E-state index < -0.39 is 9.84 Å². The summed E-state index contributed by atoms with van der Waals surface area (Å²) in [4.78, 5) is 7.20. The lowest BCUT2D eigenvalue weighted by molar-refractivity contribution is 0.473. The Bertz CT molecular complexity index is 937. The lowest BCUT2D eigenvalue weighted by Gasteiger charge is -2.22. The van der Waals surface area contributed by atoms with E-state index in [1.165, 1.54) is 11.8 Å². The molecule has 1 N–H and O–H groups in total. The van der Waals surface area contributed by atoms with Crippen molar-refractivity contribution in [2.45, 2.75) is 44.6 Å². The van der Waals surface area contributed by atoms with Crippen LogP contribution >= 0.6 is 24.0 Å². The number of aryl methyl sites for hydroxylation is 1. The second kappa shape index (κ2) is 11.7. The molecular weight excluding hydrogens is 513 g/mol. The van der Waals surface area contributed by atoms with Gasteiger partial charge < -0.3 is 10.2 Å². The predicted octanol–water partition coefficient (Wildman–Crippen LogP) is 3.21. The number of nitrogens with one attached hydrogen (secondary N) is 1. The van der Waals surface area contributed by atoms with Crippen LogP contribution in [0.15, 0.2) is 40.4 Å². The van der Waals surface area contributed by atoms with E-state index in [1.54, 1.807) is 12.1 Å². The first kappa shape index (κ1) is 26.4.